The topological polar surface area (TPSA) is 86.7 Å². The maximum atomic E-state index is 12.6. The Labute approximate surface area is 106 Å². The number of carbonyl (C=O) groups excluding carboxylic acids is 2. The third kappa shape index (κ3) is 1.94. The minimum Gasteiger partial charge on any atom is -0.480 e. The fraction of sp³-hybridized carbons (Fsp3) is 0.625. The van der Waals surface area contributed by atoms with Crippen LogP contribution in [0.3, 0.4) is 0 Å². The van der Waals surface area contributed by atoms with E-state index in [1.165, 1.54) is 0 Å². The largest absolute Gasteiger partial charge is 0.480 e. The predicted octanol–water partition coefficient (Wildman–Crippen LogP) is 0.875. The van der Waals surface area contributed by atoms with Gasteiger partial charge in [0, 0.05) is 0 Å². The van der Waals surface area contributed by atoms with Crippen LogP contribution in [0.4, 0.5) is 31.1 Å². The number of carboxylic acids is 1. The zero-order valence-corrected chi connectivity index (χ0v) is 9.46. The lowest BCUT2D eigenvalue weighted by atomic mass is 9.97. The van der Waals surface area contributed by atoms with Crippen LogP contribution in [0.25, 0.3) is 0 Å². The van der Waals surface area contributed by atoms with Gasteiger partial charge in [-0.2, -0.15) is 26.3 Å². The van der Waals surface area contributed by atoms with Crippen LogP contribution in [-0.4, -0.2) is 51.8 Å². The molecule has 1 aliphatic heterocycles. The molecule has 0 aromatic rings. The summed E-state index contributed by atoms with van der Waals surface area (Å²) >= 11 is 0. The molecule has 0 unspecified atom stereocenters. The molecule has 0 aliphatic carbocycles. The Hall–Kier alpha value is -2.01. The van der Waals surface area contributed by atoms with Gasteiger partial charge in [-0.3, -0.25) is 4.79 Å². The molecule has 1 fully saturated rings. The third-order valence-corrected chi connectivity index (χ3v) is 2.65. The summed E-state index contributed by atoms with van der Waals surface area (Å²) in [6, 6.07) is -4.27. The van der Waals surface area contributed by atoms with Crippen molar-refractivity contribution in [3.63, 3.8) is 0 Å². The van der Waals surface area contributed by atoms with E-state index in [4.69, 9.17) is 5.11 Å². The van der Waals surface area contributed by atoms with E-state index in [-0.39, 0.29) is 0 Å². The zero-order valence-electron chi connectivity index (χ0n) is 9.46. The summed E-state index contributed by atoms with van der Waals surface area (Å²) in [6.45, 7) is 0.600. The van der Waals surface area contributed by atoms with Gasteiger partial charge in [0.2, 0.25) is 0 Å². The number of aliphatic carboxylic acids is 1. The lowest BCUT2D eigenvalue weighted by Crippen LogP contribution is -2.68. The number of carboxylic acid groups (broad SMARTS) is 1. The second-order valence-corrected chi connectivity index (χ2v) is 3.87. The van der Waals surface area contributed by atoms with Crippen LogP contribution in [0.2, 0.25) is 0 Å². The lowest BCUT2D eigenvalue weighted by Gasteiger charge is -2.31. The summed E-state index contributed by atoms with van der Waals surface area (Å²) in [5, 5.41) is 9.02. The van der Waals surface area contributed by atoms with Gasteiger partial charge in [-0.1, -0.05) is 0 Å². The number of hydrogen-bond acceptors (Lipinski definition) is 3. The summed E-state index contributed by atoms with van der Waals surface area (Å²) in [5.74, 6) is -4.66. The van der Waals surface area contributed by atoms with E-state index >= 15 is 0 Å². The highest BCUT2D eigenvalue weighted by atomic mass is 19.4. The van der Waals surface area contributed by atoms with E-state index in [9.17, 15) is 40.7 Å². The highest BCUT2D eigenvalue weighted by molar-refractivity contribution is 6.10. The SMILES string of the molecule is C[C@@H](C(=O)O)N1C(=O)NC(C(F)(F)F)(C(F)(F)F)C1=O. The van der Waals surface area contributed by atoms with Gasteiger partial charge < -0.3 is 10.4 Å². The first-order chi connectivity index (χ1) is 8.77. The minimum absolute atomic E-state index is 0.507. The molecule has 0 radical (unpaired) electrons. The molecule has 1 saturated heterocycles. The Morgan fingerprint density at radius 2 is 1.60 bits per heavy atom. The molecule has 1 rings (SSSR count). The normalized spacial score (nSPS) is 20.9. The number of nitrogens with one attached hydrogen (secondary N) is 1. The fourth-order valence-electron chi connectivity index (χ4n) is 1.55. The molecule has 0 spiro atoms. The Morgan fingerprint density at radius 3 is 1.85 bits per heavy atom. The number of halogens is 6. The maximum absolute atomic E-state index is 12.6. The van der Waals surface area contributed by atoms with Gasteiger partial charge in [-0.25, -0.2) is 14.5 Å². The van der Waals surface area contributed by atoms with Crippen molar-refractivity contribution in [1.29, 1.82) is 0 Å². The number of amides is 3. The lowest BCUT2D eigenvalue weighted by molar-refractivity contribution is -0.289. The first-order valence-electron chi connectivity index (χ1n) is 4.79. The van der Waals surface area contributed by atoms with Gasteiger partial charge >= 0.3 is 29.9 Å². The van der Waals surface area contributed by atoms with E-state index in [1.807, 2.05) is 0 Å². The zero-order chi connectivity index (χ0) is 16.1. The third-order valence-electron chi connectivity index (χ3n) is 2.65. The van der Waals surface area contributed by atoms with Crippen LogP contribution in [0.5, 0.6) is 0 Å². The number of urea groups is 1. The van der Waals surface area contributed by atoms with Crippen LogP contribution in [0, 0.1) is 0 Å². The van der Waals surface area contributed by atoms with Crippen LogP contribution >= 0.6 is 0 Å². The number of hydrogen-bond donors (Lipinski definition) is 2. The highest BCUT2D eigenvalue weighted by Gasteiger charge is 2.81. The van der Waals surface area contributed by atoms with Gasteiger partial charge in [-0.05, 0) is 6.92 Å². The molecule has 3 amide bonds. The highest BCUT2D eigenvalue weighted by Crippen LogP contribution is 2.46. The van der Waals surface area contributed by atoms with Crippen molar-refractivity contribution < 1.29 is 45.8 Å². The van der Waals surface area contributed by atoms with E-state index in [2.05, 4.69) is 0 Å². The van der Waals surface area contributed by atoms with Crippen LogP contribution in [0.15, 0.2) is 0 Å². The van der Waals surface area contributed by atoms with Crippen molar-refractivity contribution in [2.24, 2.45) is 0 Å². The number of imide groups is 1. The predicted molar refractivity (Wildman–Crippen MR) is 47.3 cm³/mol. The Balaban J connectivity index is 3.44. The summed E-state index contributed by atoms with van der Waals surface area (Å²) in [5.41, 5.74) is -5.14. The number of nitrogens with zero attached hydrogens (tertiary/aromatic N) is 1. The van der Waals surface area contributed by atoms with E-state index < -0.39 is 46.7 Å². The number of rotatable bonds is 2. The molecule has 1 aliphatic rings. The molecule has 6 nitrogen and oxygen atoms in total. The van der Waals surface area contributed by atoms with Crippen molar-refractivity contribution in [2.45, 2.75) is 30.9 Å². The quantitative estimate of drug-likeness (QED) is 0.585. The van der Waals surface area contributed by atoms with Crippen molar-refractivity contribution in [2.75, 3.05) is 0 Å². The molecule has 0 saturated carbocycles. The molecule has 2 N–H and O–H groups in total. The fourth-order valence-corrected chi connectivity index (χ4v) is 1.55. The van der Waals surface area contributed by atoms with Crippen LogP contribution in [0.1, 0.15) is 6.92 Å². The minimum atomic E-state index is -6.18. The molecule has 0 bridgehead atoms. The first kappa shape index (κ1) is 16.0. The van der Waals surface area contributed by atoms with Gasteiger partial charge in [-0.15, -0.1) is 0 Å². The van der Waals surface area contributed by atoms with E-state index in [0.29, 0.717) is 12.2 Å². The molecule has 1 atom stereocenters. The number of alkyl halides is 6. The molecule has 1 heterocycles. The molecular weight excluding hydrogens is 302 g/mol. The van der Waals surface area contributed by atoms with Gasteiger partial charge in [0.15, 0.2) is 0 Å². The maximum Gasteiger partial charge on any atom is 0.429 e. The Kier molecular flexibility index (Phi) is 3.41. The summed E-state index contributed by atoms with van der Waals surface area (Å²) in [4.78, 5) is 32.5. The smallest absolute Gasteiger partial charge is 0.429 e. The molecule has 0 aromatic heterocycles. The van der Waals surface area contributed by atoms with Crippen molar-refractivity contribution in [3.05, 3.63) is 0 Å². The summed E-state index contributed by atoms with van der Waals surface area (Å²) in [6.07, 6.45) is -12.4. The summed E-state index contributed by atoms with van der Waals surface area (Å²) < 4.78 is 75.9. The Bertz CT molecular complexity index is 457. The van der Waals surface area contributed by atoms with Crippen molar-refractivity contribution in [3.8, 4) is 0 Å². The second kappa shape index (κ2) is 4.24. The monoisotopic (exact) mass is 308 g/mol. The molecular formula is C8H6F6N2O4. The average molecular weight is 308 g/mol. The van der Waals surface area contributed by atoms with Crippen LogP contribution in [-0.2, 0) is 9.59 Å². The Morgan fingerprint density at radius 1 is 1.20 bits per heavy atom. The van der Waals surface area contributed by atoms with Gasteiger partial charge in [0.25, 0.3) is 5.91 Å². The van der Waals surface area contributed by atoms with E-state index in [1.54, 1.807) is 0 Å². The number of carbonyl (C=O) groups is 3. The van der Waals surface area contributed by atoms with Crippen molar-refractivity contribution >= 4 is 17.9 Å². The standard InChI is InChI=1S/C8H6F6N2O4/c1-2(3(17)18)16-4(19)6(7(9,10)11,8(12,13)14)15-5(16)20/h2H,1H3,(H,15,20)(H,17,18)/t2-/m0/s1. The molecule has 12 heteroatoms. The van der Waals surface area contributed by atoms with Gasteiger partial charge in [0.1, 0.15) is 6.04 Å². The van der Waals surface area contributed by atoms with Crippen LogP contribution < -0.4 is 5.32 Å². The van der Waals surface area contributed by atoms with Crippen molar-refractivity contribution in [1.82, 2.24) is 10.2 Å². The summed E-state index contributed by atoms with van der Waals surface area (Å²) in [7, 11) is 0. The van der Waals surface area contributed by atoms with Gasteiger partial charge in [0.05, 0.1) is 0 Å². The molecule has 0 aromatic carbocycles. The first-order valence-corrected chi connectivity index (χ1v) is 4.79. The second-order valence-electron chi connectivity index (χ2n) is 3.87. The van der Waals surface area contributed by atoms with E-state index in [0.717, 1.165) is 0 Å². The average Bonchev–Trinajstić information content (AvgIpc) is 2.48. The molecule has 20 heavy (non-hydrogen) atoms. The molecule has 114 valence electrons.